The van der Waals surface area contributed by atoms with Crippen molar-refractivity contribution in [1.82, 2.24) is 4.90 Å². The normalized spacial score (nSPS) is 13.8. The Bertz CT molecular complexity index is 95.8. The molecule has 0 aromatic rings. The molecule has 0 aliphatic rings. The molecule has 0 amide bonds. The Labute approximate surface area is 82.1 Å². The van der Waals surface area contributed by atoms with Crippen molar-refractivity contribution < 1.29 is 0 Å². The predicted molar refractivity (Wildman–Crippen MR) is 57.0 cm³/mol. The van der Waals surface area contributed by atoms with Gasteiger partial charge in [-0.2, -0.15) is 0 Å². The molecule has 0 radical (unpaired) electrons. The molecule has 0 bridgehead atoms. The second-order valence-electron chi connectivity index (χ2n) is 3.54. The third kappa shape index (κ3) is 5.84. The van der Waals surface area contributed by atoms with Gasteiger partial charge in [0.05, 0.1) is 0 Å². The number of rotatable bonds is 7. The van der Waals surface area contributed by atoms with E-state index in [4.69, 9.17) is 11.6 Å². The van der Waals surface area contributed by atoms with Gasteiger partial charge in [0.15, 0.2) is 0 Å². The highest BCUT2D eigenvalue weighted by atomic mass is 35.5. The summed E-state index contributed by atoms with van der Waals surface area (Å²) in [4.78, 5) is 2.34. The van der Waals surface area contributed by atoms with E-state index in [1.807, 2.05) is 0 Å². The van der Waals surface area contributed by atoms with Crippen LogP contribution in [0.15, 0.2) is 0 Å². The summed E-state index contributed by atoms with van der Waals surface area (Å²) in [5, 5.41) is 0. The summed E-state index contributed by atoms with van der Waals surface area (Å²) in [6.07, 6.45) is 5.35. The summed E-state index contributed by atoms with van der Waals surface area (Å²) in [5.41, 5.74) is 0. The highest BCUT2D eigenvalue weighted by Crippen LogP contribution is 2.03. The highest BCUT2D eigenvalue weighted by molar-refractivity contribution is 6.18. The second kappa shape index (κ2) is 7.88. The minimum atomic E-state index is 0.522. The van der Waals surface area contributed by atoms with Gasteiger partial charge in [0, 0.05) is 11.9 Å². The monoisotopic (exact) mass is 191 g/mol. The summed E-state index contributed by atoms with van der Waals surface area (Å²) in [5.74, 6) is 0.740. The van der Waals surface area contributed by atoms with Crippen LogP contribution in [0.4, 0.5) is 0 Å². The third-order valence-corrected chi connectivity index (χ3v) is 2.79. The Morgan fingerprint density at radius 1 is 1.25 bits per heavy atom. The first-order valence-electron chi connectivity index (χ1n) is 4.98. The number of halogens is 1. The van der Waals surface area contributed by atoms with E-state index in [-0.39, 0.29) is 0 Å². The lowest BCUT2D eigenvalue weighted by Gasteiger charge is -2.22. The third-order valence-electron chi connectivity index (χ3n) is 2.34. The van der Waals surface area contributed by atoms with Crippen molar-refractivity contribution in [2.45, 2.75) is 45.6 Å². The average Bonchev–Trinajstić information content (AvgIpc) is 2.10. The molecule has 0 N–H and O–H groups in total. The summed E-state index contributed by atoms with van der Waals surface area (Å²) in [6, 6.07) is 0.522. The Hall–Kier alpha value is 0.250. The van der Waals surface area contributed by atoms with Gasteiger partial charge in [0.2, 0.25) is 0 Å². The molecule has 0 fully saturated rings. The fourth-order valence-electron chi connectivity index (χ4n) is 1.13. The molecule has 0 aliphatic heterocycles. The SMILES string of the molecule is CCCCCCN(C)C(C)CCl. The quantitative estimate of drug-likeness (QED) is 0.442. The molecule has 0 saturated heterocycles. The van der Waals surface area contributed by atoms with Gasteiger partial charge in [0.25, 0.3) is 0 Å². The molecule has 0 rings (SSSR count). The van der Waals surface area contributed by atoms with Gasteiger partial charge in [-0.1, -0.05) is 26.2 Å². The standard InChI is InChI=1S/C10H22ClN/c1-4-5-6-7-8-12(3)10(2)9-11/h10H,4-9H2,1-3H3. The molecule has 0 aromatic carbocycles. The fourth-order valence-corrected chi connectivity index (χ4v) is 1.36. The topological polar surface area (TPSA) is 3.24 Å². The van der Waals surface area contributed by atoms with Crippen molar-refractivity contribution in [3.8, 4) is 0 Å². The Balaban J connectivity index is 3.24. The first kappa shape index (κ1) is 12.2. The fraction of sp³-hybridized carbons (Fsp3) is 1.00. The van der Waals surface area contributed by atoms with Gasteiger partial charge in [-0.25, -0.2) is 0 Å². The lowest BCUT2D eigenvalue weighted by molar-refractivity contribution is 0.270. The van der Waals surface area contributed by atoms with E-state index < -0.39 is 0 Å². The van der Waals surface area contributed by atoms with E-state index in [1.165, 1.54) is 32.2 Å². The molecule has 1 unspecified atom stereocenters. The molecular formula is C10H22ClN. The zero-order valence-corrected chi connectivity index (χ0v) is 9.40. The highest BCUT2D eigenvalue weighted by Gasteiger charge is 2.05. The van der Waals surface area contributed by atoms with Crippen LogP contribution in [-0.4, -0.2) is 30.4 Å². The number of hydrogen-bond acceptors (Lipinski definition) is 1. The van der Waals surface area contributed by atoms with E-state index in [9.17, 15) is 0 Å². The molecular weight excluding hydrogens is 170 g/mol. The molecule has 0 spiro atoms. The van der Waals surface area contributed by atoms with Crippen LogP contribution in [0.25, 0.3) is 0 Å². The molecule has 0 saturated carbocycles. The van der Waals surface area contributed by atoms with Crippen LogP contribution in [0, 0.1) is 0 Å². The molecule has 0 aromatic heterocycles. The maximum Gasteiger partial charge on any atom is 0.0376 e. The zero-order valence-electron chi connectivity index (χ0n) is 8.65. The Kier molecular flexibility index (Phi) is 8.04. The molecule has 0 heterocycles. The number of alkyl halides is 1. The number of nitrogens with zero attached hydrogens (tertiary/aromatic N) is 1. The van der Waals surface area contributed by atoms with Gasteiger partial charge in [-0.15, -0.1) is 11.6 Å². The van der Waals surface area contributed by atoms with Crippen LogP contribution >= 0.6 is 11.6 Å². The molecule has 2 heteroatoms. The summed E-state index contributed by atoms with van der Waals surface area (Å²) in [7, 11) is 2.15. The van der Waals surface area contributed by atoms with E-state index in [2.05, 4.69) is 25.8 Å². The lowest BCUT2D eigenvalue weighted by Crippen LogP contribution is -2.31. The van der Waals surface area contributed by atoms with Gasteiger partial charge in [0.1, 0.15) is 0 Å². The van der Waals surface area contributed by atoms with Crippen molar-refractivity contribution in [2.75, 3.05) is 19.5 Å². The average molecular weight is 192 g/mol. The van der Waals surface area contributed by atoms with Crippen LogP contribution in [0.5, 0.6) is 0 Å². The minimum absolute atomic E-state index is 0.522. The van der Waals surface area contributed by atoms with Crippen LogP contribution in [0.1, 0.15) is 39.5 Å². The Morgan fingerprint density at radius 2 is 1.92 bits per heavy atom. The molecule has 0 aliphatic carbocycles. The first-order valence-corrected chi connectivity index (χ1v) is 5.52. The van der Waals surface area contributed by atoms with E-state index in [0.717, 1.165) is 5.88 Å². The lowest BCUT2D eigenvalue weighted by atomic mass is 10.2. The summed E-state index contributed by atoms with van der Waals surface area (Å²) < 4.78 is 0. The van der Waals surface area contributed by atoms with Crippen molar-refractivity contribution in [2.24, 2.45) is 0 Å². The molecule has 74 valence electrons. The summed E-state index contributed by atoms with van der Waals surface area (Å²) in [6.45, 7) is 5.60. The predicted octanol–water partition coefficient (Wildman–Crippen LogP) is 3.13. The largest absolute Gasteiger partial charge is 0.303 e. The van der Waals surface area contributed by atoms with Crippen LogP contribution in [-0.2, 0) is 0 Å². The van der Waals surface area contributed by atoms with Crippen LogP contribution < -0.4 is 0 Å². The summed E-state index contributed by atoms with van der Waals surface area (Å²) >= 11 is 5.75. The zero-order chi connectivity index (χ0) is 9.40. The van der Waals surface area contributed by atoms with E-state index in [1.54, 1.807) is 0 Å². The molecule has 1 nitrogen and oxygen atoms in total. The van der Waals surface area contributed by atoms with Gasteiger partial charge in [-0.05, 0) is 26.9 Å². The minimum Gasteiger partial charge on any atom is -0.303 e. The van der Waals surface area contributed by atoms with Gasteiger partial charge < -0.3 is 4.90 Å². The number of hydrogen-bond donors (Lipinski definition) is 0. The number of unbranched alkanes of at least 4 members (excludes halogenated alkanes) is 3. The van der Waals surface area contributed by atoms with Gasteiger partial charge in [-0.3, -0.25) is 0 Å². The second-order valence-corrected chi connectivity index (χ2v) is 3.85. The van der Waals surface area contributed by atoms with Gasteiger partial charge >= 0.3 is 0 Å². The van der Waals surface area contributed by atoms with Crippen molar-refractivity contribution in [3.63, 3.8) is 0 Å². The van der Waals surface area contributed by atoms with Crippen LogP contribution in [0.2, 0.25) is 0 Å². The molecule has 1 atom stereocenters. The maximum absolute atomic E-state index is 5.75. The smallest absolute Gasteiger partial charge is 0.0376 e. The van der Waals surface area contributed by atoms with Crippen molar-refractivity contribution >= 4 is 11.6 Å². The van der Waals surface area contributed by atoms with E-state index >= 15 is 0 Å². The van der Waals surface area contributed by atoms with Crippen molar-refractivity contribution in [3.05, 3.63) is 0 Å². The van der Waals surface area contributed by atoms with Crippen LogP contribution in [0.3, 0.4) is 0 Å². The Morgan fingerprint density at radius 3 is 2.42 bits per heavy atom. The first-order chi connectivity index (χ1) is 5.72. The maximum atomic E-state index is 5.75. The molecule has 12 heavy (non-hydrogen) atoms. The van der Waals surface area contributed by atoms with E-state index in [0.29, 0.717) is 6.04 Å². The van der Waals surface area contributed by atoms with Crippen molar-refractivity contribution in [1.29, 1.82) is 0 Å².